The summed E-state index contributed by atoms with van der Waals surface area (Å²) in [6, 6.07) is 10.5. The molecule has 0 fully saturated rings. The smallest absolute Gasteiger partial charge is 0.302 e. The number of aryl methyl sites for hydroxylation is 1. The lowest BCUT2D eigenvalue weighted by molar-refractivity contribution is -0.140. The zero-order chi connectivity index (χ0) is 11.5. The van der Waals surface area contributed by atoms with Gasteiger partial charge in [0.2, 0.25) is 0 Å². The normalized spacial score (nSPS) is 8.73. The first-order valence-corrected chi connectivity index (χ1v) is 5.38. The van der Waals surface area contributed by atoms with E-state index in [2.05, 4.69) is 35.9 Å². The van der Waals surface area contributed by atoms with Crippen LogP contribution in [0.25, 0.3) is 0 Å². The van der Waals surface area contributed by atoms with Crippen molar-refractivity contribution in [3.63, 3.8) is 0 Å². The highest BCUT2D eigenvalue weighted by molar-refractivity contribution is 5.65. The summed E-state index contributed by atoms with van der Waals surface area (Å²) in [4.78, 5) is 9.98. The predicted octanol–water partition coefficient (Wildman–Crippen LogP) is 3.21. The molecular weight excluding hydrogens is 188 g/mol. The number of hydrogen-bond acceptors (Lipinski definition) is 2. The summed E-state index contributed by atoms with van der Waals surface area (Å²) in [5, 5.41) is 0. The van der Waals surface area contributed by atoms with Crippen LogP contribution >= 0.6 is 0 Å². The van der Waals surface area contributed by atoms with E-state index < -0.39 is 0 Å². The largest absolute Gasteiger partial charge is 0.466 e. The van der Waals surface area contributed by atoms with E-state index in [1.165, 1.54) is 12.5 Å². The molecule has 0 aliphatic rings. The minimum Gasteiger partial charge on any atom is -0.466 e. The summed E-state index contributed by atoms with van der Waals surface area (Å²) >= 11 is 0. The molecule has 0 aliphatic carbocycles. The Morgan fingerprint density at radius 2 is 1.80 bits per heavy atom. The van der Waals surface area contributed by atoms with E-state index in [1.54, 1.807) is 0 Å². The minimum atomic E-state index is -0.193. The van der Waals surface area contributed by atoms with Crippen molar-refractivity contribution in [1.82, 2.24) is 0 Å². The third kappa shape index (κ3) is 9.01. The van der Waals surface area contributed by atoms with Crippen LogP contribution < -0.4 is 0 Å². The monoisotopic (exact) mass is 208 g/mol. The Morgan fingerprint density at radius 1 is 1.20 bits per heavy atom. The highest BCUT2D eigenvalue weighted by atomic mass is 16.5. The number of carbonyl (C=O) groups is 1. The summed E-state index contributed by atoms with van der Waals surface area (Å²) in [5.41, 5.74) is 1.41. The fourth-order valence-electron chi connectivity index (χ4n) is 0.960. The lowest BCUT2D eigenvalue weighted by atomic mass is 10.2. The average molecular weight is 208 g/mol. The average Bonchev–Trinajstić information content (AvgIpc) is 2.28. The number of benzene rings is 1. The van der Waals surface area contributed by atoms with Gasteiger partial charge in [0.25, 0.3) is 0 Å². The van der Waals surface area contributed by atoms with E-state index in [9.17, 15) is 4.79 Å². The van der Waals surface area contributed by atoms with Gasteiger partial charge in [0.15, 0.2) is 0 Å². The van der Waals surface area contributed by atoms with Gasteiger partial charge in [-0.15, -0.1) is 0 Å². The van der Waals surface area contributed by atoms with E-state index in [0.29, 0.717) is 6.61 Å². The second kappa shape index (κ2) is 9.25. The molecule has 0 amide bonds. The fraction of sp³-hybridized carbons (Fsp3) is 0.462. The Labute approximate surface area is 92.3 Å². The van der Waals surface area contributed by atoms with E-state index in [1.807, 2.05) is 13.0 Å². The summed E-state index contributed by atoms with van der Waals surface area (Å²) in [6.45, 7) is 6.09. The molecule has 0 saturated heterocycles. The standard InChI is InChI=1S/C8H10.C5H10O2/c1-2-8-6-4-3-5-7-8;1-3-4-7-5(2)6/h3-7H,2H2,1H3;3-4H2,1-2H3. The lowest BCUT2D eigenvalue weighted by Crippen LogP contribution is -1.98. The lowest BCUT2D eigenvalue weighted by Gasteiger charge is -1.93. The number of esters is 1. The molecule has 0 unspecified atom stereocenters. The SMILES string of the molecule is CCCOC(C)=O.CCc1ccccc1. The number of ether oxygens (including phenoxy) is 1. The van der Waals surface area contributed by atoms with Crippen LogP contribution in [0, 0.1) is 0 Å². The van der Waals surface area contributed by atoms with Crippen LogP contribution in [0.1, 0.15) is 32.8 Å². The zero-order valence-electron chi connectivity index (χ0n) is 9.82. The van der Waals surface area contributed by atoms with Crippen molar-refractivity contribution in [3.8, 4) is 0 Å². The quantitative estimate of drug-likeness (QED) is 0.713. The van der Waals surface area contributed by atoms with E-state index in [-0.39, 0.29) is 5.97 Å². The van der Waals surface area contributed by atoms with Crippen molar-refractivity contribution in [3.05, 3.63) is 35.9 Å². The first kappa shape index (κ1) is 13.7. The van der Waals surface area contributed by atoms with Crippen molar-refractivity contribution in [2.75, 3.05) is 6.61 Å². The van der Waals surface area contributed by atoms with Gasteiger partial charge in [0.1, 0.15) is 0 Å². The number of rotatable bonds is 3. The molecule has 1 aromatic rings. The highest BCUT2D eigenvalue weighted by Gasteiger charge is 1.85. The van der Waals surface area contributed by atoms with Crippen molar-refractivity contribution < 1.29 is 9.53 Å². The van der Waals surface area contributed by atoms with Crippen LogP contribution in [-0.2, 0) is 16.0 Å². The second-order valence-electron chi connectivity index (χ2n) is 3.18. The minimum absolute atomic E-state index is 0.193. The maximum absolute atomic E-state index is 9.98. The maximum Gasteiger partial charge on any atom is 0.302 e. The molecule has 15 heavy (non-hydrogen) atoms. The molecule has 84 valence electrons. The molecule has 1 aromatic carbocycles. The van der Waals surface area contributed by atoms with Crippen molar-refractivity contribution in [2.24, 2.45) is 0 Å². The highest BCUT2D eigenvalue weighted by Crippen LogP contribution is 1.96. The topological polar surface area (TPSA) is 26.3 Å². The van der Waals surface area contributed by atoms with E-state index in [4.69, 9.17) is 0 Å². The van der Waals surface area contributed by atoms with Crippen molar-refractivity contribution >= 4 is 5.97 Å². The van der Waals surface area contributed by atoms with Crippen LogP contribution in [0.4, 0.5) is 0 Å². The Morgan fingerprint density at radius 3 is 2.07 bits per heavy atom. The Hall–Kier alpha value is -1.31. The molecule has 0 saturated carbocycles. The van der Waals surface area contributed by atoms with Gasteiger partial charge in [0.05, 0.1) is 6.61 Å². The molecule has 0 aliphatic heterocycles. The van der Waals surface area contributed by atoms with E-state index in [0.717, 1.165) is 12.8 Å². The van der Waals surface area contributed by atoms with Crippen molar-refractivity contribution in [1.29, 1.82) is 0 Å². The Balaban J connectivity index is 0.000000265. The third-order valence-corrected chi connectivity index (χ3v) is 1.76. The molecular formula is C13H20O2. The third-order valence-electron chi connectivity index (χ3n) is 1.76. The van der Waals surface area contributed by atoms with Crippen LogP contribution in [0.5, 0.6) is 0 Å². The van der Waals surface area contributed by atoms with Crippen LogP contribution in [0.15, 0.2) is 30.3 Å². The van der Waals surface area contributed by atoms with Gasteiger partial charge >= 0.3 is 5.97 Å². The summed E-state index contributed by atoms with van der Waals surface area (Å²) in [6.07, 6.45) is 2.04. The molecule has 1 rings (SSSR count). The molecule has 0 heterocycles. The molecule has 2 heteroatoms. The summed E-state index contributed by atoms with van der Waals surface area (Å²) in [5.74, 6) is -0.193. The summed E-state index contributed by atoms with van der Waals surface area (Å²) in [7, 11) is 0. The molecule has 0 atom stereocenters. The van der Waals surface area contributed by atoms with Gasteiger partial charge in [-0.1, -0.05) is 44.2 Å². The summed E-state index contributed by atoms with van der Waals surface area (Å²) < 4.78 is 4.55. The number of carbonyl (C=O) groups excluding carboxylic acids is 1. The van der Waals surface area contributed by atoms with Gasteiger partial charge in [-0.2, -0.15) is 0 Å². The van der Waals surface area contributed by atoms with Gasteiger partial charge in [0, 0.05) is 6.92 Å². The van der Waals surface area contributed by atoms with Gasteiger partial charge < -0.3 is 4.74 Å². The molecule has 0 spiro atoms. The molecule has 0 aromatic heterocycles. The second-order valence-corrected chi connectivity index (χ2v) is 3.18. The van der Waals surface area contributed by atoms with E-state index >= 15 is 0 Å². The molecule has 0 N–H and O–H groups in total. The number of hydrogen-bond donors (Lipinski definition) is 0. The van der Waals surface area contributed by atoms with Crippen molar-refractivity contribution in [2.45, 2.75) is 33.6 Å². The molecule has 0 bridgehead atoms. The predicted molar refractivity (Wildman–Crippen MR) is 62.7 cm³/mol. The first-order valence-electron chi connectivity index (χ1n) is 5.38. The Bertz CT molecular complexity index is 254. The van der Waals surface area contributed by atoms with Crippen LogP contribution in [0.3, 0.4) is 0 Å². The zero-order valence-corrected chi connectivity index (χ0v) is 9.82. The van der Waals surface area contributed by atoms with Crippen LogP contribution in [0.2, 0.25) is 0 Å². The van der Waals surface area contributed by atoms with Crippen LogP contribution in [-0.4, -0.2) is 12.6 Å². The molecule has 0 radical (unpaired) electrons. The fourth-order valence-corrected chi connectivity index (χ4v) is 0.960. The molecule has 2 nitrogen and oxygen atoms in total. The Kier molecular flexibility index (Phi) is 8.44. The van der Waals surface area contributed by atoms with Gasteiger partial charge in [-0.05, 0) is 18.4 Å². The first-order chi connectivity index (χ1) is 7.20. The van der Waals surface area contributed by atoms with Gasteiger partial charge in [-0.3, -0.25) is 4.79 Å². The van der Waals surface area contributed by atoms with Gasteiger partial charge in [-0.25, -0.2) is 0 Å². The maximum atomic E-state index is 9.98.